The van der Waals surface area contributed by atoms with Crippen molar-refractivity contribution in [2.75, 3.05) is 18.2 Å². The highest BCUT2D eigenvalue weighted by Crippen LogP contribution is 2.39. The molecule has 3 aromatic rings. The largest absolute Gasteiger partial charge is 0.497 e. The molecule has 3 heterocycles. The Morgan fingerprint density at radius 1 is 1.25 bits per heavy atom. The number of pyridine rings is 1. The zero-order chi connectivity index (χ0) is 16.7. The summed E-state index contributed by atoms with van der Waals surface area (Å²) >= 11 is 1.41. The number of hydrogen-bond acceptors (Lipinski definition) is 5. The van der Waals surface area contributed by atoms with Crippen LogP contribution in [0.1, 0.15) is 16.4 Å². The molecule has 1 aromatic carbocycles. The van der Waals surface area contributed by atoms with E-state index in [1.54, 1.807) is 19.4 Å². The van der Waals surface area contributed by atoms with Crippen LogP contribution in [0.3, 0.4) is 0 Å². The van der Waals surface area contributed by atoms with Crippen LogP contribution in [0.4, 0.5) is 5.82 Å². The number of thioether (sulfide) groups is 1. The Kier molecular flexibility index (Phi) is 3.53. The Bertz CT molecular complexity index is 994. The number of methoxy groups -OCH3 is 1. The van der Waals surface area contributed by atoms with Crippen LogP contribution in [0.15, 0.2) is 35.3 Å². The van der Waals surface area contributed by atoms with Crippen molar-refractivity contribution < 1.29 is 9.53 Å². The van der Waals surface area contributed by atoms with Crippen molar-refractivity contribution in [2.24, 2.45) is 0 Å². The van der Waals surface area contributed by atoms with Crippen LogP contribution in [0.5, 0.6) is 5.75 Å². The Balaban J connectivity index is 1.86. The summed E-state index contributed by atoms with van der Waals surface area (Å²) in [4.78, 5) is 27.3. The van der Waals surface area contributed by atoms with Crippen LogP contribution in [0.25, 0.3) is 10.9 Å². The molecule has 0 fully saturated rings. The smallest absolute Gasteiger partial charge is 0.253 e. The minimum Gasteiger partial charge on any atom is -0.497 e. The number of amides is 1. The molecule has 4 rings (SSSR count). The topological polar surface area (TPSA) is 99.9 Å². The molecule has 0 saturated heterocycles. The maximum atomic E-state index is 12.6. The van der Waals surface area contributed by atoms with E-state index >= 15 is 0 Å². The summed E-state index contributed by atoms with van der Waals surface area (Å²) in [6.45, 7) is 0. The fourth-order valence-electron chi connectivity index (χ4n) is 2.79. The second kappa shape index (κ2) is 5.72. The van der Waals surface area contributed by atoms with Gasteiger partial charge in [0.05, 0.1) is 29.8 Å². The maximum Gasteiger partial charge on any atom is 0.253 e. The first-order chi connectivity index (χ1) is 11.7. The van der Waals surface area contributed by atoms with E-state index in [0.717, 1.165) is 10.9 Å². The molecule has 24 heavy (non-hydrogen) atoms. The summed E-state index contributed by atoms with van der Waals surface area (Å²) < 4.78 is 5.19. The van der Waals surface area contributed by atoms with Gasteiger partial charge >= 0.3 is 0 Å². The predicted molar refractivity (Wildman–Crippen MR) is 92.6 cm³/mol. The molecule has 2 aromatic heterocycles. The van der Waals surface area contributed by atoms with Crippen LogP contribution in [-0.2, 0) is 4.79 Å². The molecule has 1 aliphatic rings. The summed E-state index contributed by atoms with van der Waals surface area (Å²) in [6, 6.07) is 7.39. The van der Waals surface area contributed by atoms with E-state index in [4.69, 9.17) is 4.74 Å². The molecule has 0 aliphatic carbocycles. The zero-order valence-corrected chi connectivity index (χ0v) is 13.6. The van der Waals surface area contributed by atoms with Gasteiger partial charge in [-0.3, -0.25) is 14.7 Å². The third-order valence-corrected chi connectivity index (χ3v) is 5.23. The lowest BCUT2D eigenvalue weighted by Gasteiger charge is -2.14. The molecular formula is C16H14N4O3S. The highest BCUT2D eigenvalue weighted by molar-refractivity contribution is 8.00. The molecule has 1 aliphatic heterocycles. The molecule has 0 unspecified atom stereocenters. The van der Waals surface area contributed by atoms with Crippen molar-refractivity contribution in [1.29, 1.82) is 0 Å². The monoisotopic (exact) mass is 342 g/mol. The fourth-order valence-corrected chi connectivity index (χ4v) is 3.90. The van der Waals surface area contributed by atoms with Crippen LogP contribution in [-0.4, -0.2) is 34.0 Å². The first kappa shape index (κ1) is 14.8. The maximum absolute atomic E-state index is 12.6. The summed E-state index contributed by atoms with van der Waals surface area (Å²) in [6.07, 6.45) is 1.65. The summed E-state index contributed by atoms with van der Waals surface area (Å²) in [5.41, 5.74) is 1.92. The van der Waals surface area contributed by atoms with E-state index in [-0.39, 0.29) is 22.5 Å². The van der Waals surface area contributed by atoms with E-state index < -0.39 is 0 Å². The number of carbonyl (C=O) groups is 1. The van der Waals surface area contributed by atoms with E-state index in [0.29, 0.717) is 22.6 Å². The van der Waals surface area contributed by atoms with Gasteiger partial charge in [0, 0.05) is 17.2 Å². The van der Waals surface area contributed by atoms with Gasteiger partial charge in [0.1, 0.15) is 11.6 Å². The molecule has 1 amide bonds. The lowest BCUT2D eigenvalue weighted by molar-refractivity contribution is -0.113. The van der Waals surface area contributed by atoms with Gasteiger partial charge in [0.25, 0.3) is 5.56 Å². The van der Waals surface area contributed by atoms with Gasteiger partial charge in [0.2, 0.25) is 5.91 Å². The SMILES string of the molecule is COc1ccc2cc([C@H]3SCC(=O)Nc4[nH]ncc43)c(=O)[nH]c2c1. The van der Waals surface area contributed by atoms with Gasteiger partial charge in [-0.25, -0.2) is 0 Å². The van der Waals surface area contributed by atoms with Crippen molar-refractivity contribution in [1.82, 2.24) is 15.2 Å². The van der Waals surface area contributed by atoms with Crippen molar-refractivity contribution >= 4 is 34.4 Å². The molecule has 0 spiro atoms. The molecule has 3 N–H and O–H groups in total. The summed E-state index contributed by atoms with van der Waals surface area (Å²) in [7, 11) is 1.58. The van der Waals surface area contributed by atoms with E-state index in [9.17, 15) is 9.59 Å². The average molecular weight is 342 g/mol. The van der Waals surface area contributed by atoms with Gasteiger partial charge in [-0.15, -0.1) is 11.8 Å². The van der Waals surface area contributed by atoms with Gasteiger partial charge in [-0.05, 0) is 23.6 Å². The standard InChI is InChI=1S/C16H14N4O3S/c1-23-9-3-2-8-4-10(16(22)18-12(8)5-9)14-11-6-17-20-15(11)19-13(21)7-24-14/h2-6,14H,7H2,1H3,(H,18,22)(H2,17,19,20,21)/t14-/m1/s1. The number of fused-ring (bicyclic) bond motifs is 2. The fraction of sp³-hybridized carbons (Fsp3) is 0.188. The lowest BCUT2D eigenvalue weighted by atomic mass is 10.1. The van der Waals surface area contributed by atoms with E-state index in [1.165, 1.54) is 11.8 Å². The molecular weight excluding hydrogens is 328 g/mol. The van der Waals surface area contributed by atoms with Gasteiger partial charge < -0.3 is 15.0 Å². The first-order valence-corrected chi connectivity index (χ1v) is 8.36. The van der Waals surface area contributed by atoms with E-state index in [2.05, 4.69) is 20.5 Å². The Morgan fingerprint density at radius 2 is 2.12 bits per heavy atom. The Labute approximate surface area is 140 Å². The molecule has 8 heteroatoms. The molecule has 1 atom stereocenters. The Morgan fingerprint density at radius 3 is 2.96 bits per heavy atom. The predicted octanol–water partition coefficient (Wildman–Crippen LogP) is 2.03. The number of ether oxygens (including phenoxy) is 1. The van der Waals surface area contributed by atoms with Crippen LogP contribution in [0, 0.1) is 0 Å². The summed E-state index contributed by atoms with van der Waals surface area (Å²) in [5.74, 6) is 1.38. The lowest BCUT2D eigenvalue weighted by Crippen LogP contribution is -2.15. The first-order valence-electron chi connectivity index (χ1n) is 7.31. The van der Waals surface area contributed by atoms with Gasteiger partial charge in [0.15, 0.2) is 0 Å². The minimum absolute atomic E-state index is 0.116. The van der Waals surface area contributed by atoms with Crippen molar-refractivity contribution in [3.63, 3.8) is 0 Å². The second-order valence-electron chi connectivity index (χ2n) is 5.45. The quantitative estimate of drug-likeness (QED) is 0.662. The summed E-state index contributed by atoms with van der Waals surface area (Å²) in [5, 5.41) is 10.2. The number of H-pyrrole nitrogens is 2. The van der Waals surface area contributed by atoms with Gasteiger partial charge in [-0.1, -0.05) is 0 Å². The van der Waals surface area contributed by atoms with Crippen LogP contribution >= 0.6 is 11.8 Å². The number of carbonyl (C=O) groups excluding carboxylic acids is 1. The number of aromatic amines is 2. The van der Waals surface area contributed by atoms with Crippen molar-refractivity contribution in [3.05, 3.63) is 51.9 Å². The van der Waals surface area contributed by atoms with Gasteiger partial charge in [-0.2, -0.15) is 5.10 Å². The molecule has 0 bridgehead atoms. The average Bonchev–Trinajstić information content (AvgIpc) is 2.96. The molecule has 0 radical (unpaired) electrons. The number of hydrogen-bond donors (Lipinski definition) is 3. The van der Waals surface area contributed by atoms with Crippen LogP contribution in [0.2, 0.25) is 0 Å². The van der Waals surface area contributed by atoms with Crippen molar-refractivity contribution in [3.8, 4) is 5.75 Å². The third-order valence-electron chi connectivity index (χ3n) is 3.96. The molecule has 0 saturated carbocycles. The number of benzene rings is 1. The molecule has 7 nitrogen and oxygen atoms in total. The third kappa shape index (κ3) is 2.44. The minimum atomic E-state index is -0.270. The molecule has 122 valence electrons. The highest BCUT2D eigenvalue weighted by Gasteiger charge is 2.27. The number of anilines is 1. The number of rotatable bonds is 2. The van der Waals surface area contributed by atoms with E-state index in [1.807, 2.05) is 18.2 Å². The Hall–Kier alpha value is -2.74. The number of nitrogens with one attached hydrogen (secondary N) is 3. The second-order valence-corrected chi connectivity index (χ2v) is 6.54. The zero-order valence-electron chi connectivity index (χ0n) is 12.8. The van der Waals surface area contributed by atoms with Crippen LogP contribution < -0.4 is 15.6 Å². The number of nitrogens with zero attached hydrogens (tertiary/aromatic N) is 1. The highest BCUT2D eigenvalue weighted by atomic mass is 32.2. The van der Waals surface area contributed by atoms with Crippen molar-refractivity contribution in [2.45, 2.75) is 5.25 Å². The normalized spacial score (nSPS) is 17.2. The number of aromatic nitrogens is 3.